The number of thiazole rings is 1. The van der Waals surface area contributed by atoms with Crippen LogP contribution in [-0.2, 0) is 13.5 Å². The molecule has 5 nitrogen and oxygen atoms in total. The minimum atomic E-state index is -0.163. The summed E-state index contributed by atoms with van der Waals surface area (Å²) in [5.41, 5.74) is 4.61. The number of carbonyl (C=O) groups excluding carboxylic acids is 1. The normalized spacial score (nSPS) is 10.9. The number of hydrogen-bond donors (Lipinski definition) is 1. The molecule has 0 fully saturated rings. The van der Waals surface area contributed by atoms with E-state index in [9.17, 15) is 4.79 Å². The predicted octanol–water partition coefficient (Wildman–Crippen LogP) is 4.41. The van der Waals surface area contributed by atoms with Crippen LogP contribution in [0.3, 0.4) is 0 Å². The molecule has 1 N–H and O–H groups in total. The molecular weight excluding hydrogens is 400 g/mol. The molecule has 2 aromatic heterocycles. The van der Waals surface area contributed by atoms with Crippen molar-refractivity contribution in [1.29, 1.82) is 0 Å². The third-order valence-electron chi connectivity index (χ3n) is 4.11. The summed E-state index contributed by atoms with van der Waals surface area (Å²) in [6.45, 7) is 5.80. The molecule has 0 spiro atoms. The van der Waals surface area contributed by atoms with Gasteiger partial charge in [0.2, 0.25) is 0 Å². The molecule has 0 unspecified atom stereocenters. The highest BCUT2D eigenvalue weighted by atomic mass is 79.9. The molecule has 0 saturated carbocycles. The van der Waals surface area contributed by atoms with Gasteiger partial charge in [-0.2, -0.15) is 5.10 Å². The first-order valence-corrected chi connectivity index (χ1v) is 9.47. The molecule has 0 aliphatic carbocycles. The topological polar surface area (TPSA) is 59.8 Å². The van der Waals surface area contributed by atoms with E-state index in [1.807, 2.05) is 27.1 Å². The SMILES string of the molecule is Cc1cc(Cc2cnc(NC(=O)c3c(C)nn(C)c3C)s2)ccc1Br. The molecule has 0 aliphatic heterocycles. The van der Waals surface area contributed by atoms with Crippen molar-refractivity contribution in [2.75, 3.05) is 5.32 Å². The number of benzene rings is 1. The van der Waals surface area contributed by atoms with E-state index in [2.05, 4.69) is 56.5 Å². The van der Waals surface area contributed by atoms with Crippen LogP contribution in [0.4, 0.5) is 5.13 Å². The smallest absolute Gasteiger partial charge is 0.261 e. The fourth-order valence-corrected chi connectivity index (χ4v) is 3.82. The van der Waals surface area contributed by atoms with Crippen LogP contribution in [0, 0.1) is 20.8 Å². The van der Waals surface area contributed by atoms with Gasteiger partial charge in [0.1, 0.15) is 0 Å². The molecule has 0 aliphatic rings. The van der Waals surface area contributed by atoms with Gasteiger partial charge >= 0.3 is 0 Å². The minimum absolute atomic E-state index is 0.163. The zero-order valence-corrected chi connectivity index (χ0v) is 17.0. The molecule has 0 saturated heterocycles. The zero-order chi connectivity index (χ0) is 18.1. The molecule has 0 atom stereocenters. The molecule has 0 radical (unpaired) electrons. The lowest BCUT2D eigenvalue weighted by atomic mass is 10.1. The van der Waals surface area contributed by atoms with Gasteiger partial charge in [-0.25, -0.2) is 4.98 Å². The lowest BCUT2D eigenvalue weighted by Crippen LogP contribution is -2.13. The Bertz CT molecular complexity index is 945. The lowest BCUT2D eigenvalue weighted by molar-refractivity contribution is 0.102. The Morgan fingerprint density at radius 1 is 1.32 bits per heavy atom. The summed E-state index contributed by atoms with van der Waals surface area (Å²) in [6.07, 6.45) is 2.62. The number of nitrogens with zero attached hydrogens (tertiary/aromatic N) is 3. The predicted molar refractivity (Wildman–Crippen MR) is 104 cm³/mol. The molecule has 1 aromatic carbocycles. The zero-order valence-electron chi connectivity index (χ0n) is 14.6. The number of amides is 1. The second-order valence-corrected chi connectivity index (χ2v) is 7.99. The Morgan fingerprint density at radius 3 is 2.72 bits per heavy atom. The van der Waals surface area contributed by atoms with E-state index in [0.717, 1.165) is 27.2 Å². The number of aryl methyl sites for hydroxylation is 3. The average molecular weight is 419 g/mol. The lowest BCUT2D eigenvalue weighted by Gasteiger charge is -2.03. The van der Waals surface area contributed by atoms with Crippen LogP contribution < -0.4 is 5.32 Å². The average Bonchev–Trinajstić information content (AvgIpc) is 3.07. The van der Waals surface area contributed by atoms with Crippen molar-refractivity contribution >= 4 is 38.3 Å². The van der Waals surface area contributed by atoms with Gasteiger partial charge in [0.25, 0.3) is 5.91 Å². The highest BCUT2D eigenvalue weighted by Crippen LogP contribution is 2.24. The van der Waals surface area contributed by atoms with Gasteiger partial charge in [0.05, 0.1) is 11.3 Å². The quantitative estimate of drug-likeness (QED) is 0.682. The summed E-state index contributed by atoms with van der Waals surface area (Å²) in [5.74, 6) is -0.163. The van der Waals surface area contributed by atoms with E-state index in [1.54, 1.807) is 4.68 Å². The van der Waals surface area contributed by atoms with Crippen molar-refractivity contribution in [3.05, 3.63) is 61.8 Å². The van der Waals surface area contributed by atoms with Crippen molar-refractivity contribution in [2.24, 2.45) is 7.05 Å². The Morgan fingerprint density at radius 2 is 2.08 bits per heavy atom. The highest BCUT2D eigenvalue weighted by Gasteiger charge is 2.18. The first-order valence-electron chi connectivity index (χ1n) is 7.86. The molecule has 7 heteroatoms. The maximum Gasteiger partial charge on any atom is 0.261 e. The maximum atomic E-state index is 12.5. The van der Waals surface area contributed by atoms with Crippen LogP contribution in [0.5, 0.6) is 0 Å². The number of nitrogens with one attached hydrogen (secondary N) is 1. The highest BCUT2D eigenvalue weighted by molar-refractivity contribution is 9.10. The molecule has 25 heavy (non-hydrogen) atoms. The molecule has 1 amide bonds. The third kappa shape index (κ3) is 3.82. The second kappa shape index (κ2) is 7.09. The monoisotopic (exact) mass is 418 g/mol. The van der Waals surface area contributed by atoms with E-state index in [4.69, 9.17) is 0 Å². The third-order valence-corrected chi connectivity index (χ3v) is 5.91. The summed E-state index contributed by atoms with van der Waals surface area (Å²) in [5, 5.41) is 7.78. The molecule has 0 bridgehead atoms. The van der Waals surface area contributed by atoms with E-state index in [-0.39, 0.29) is 5.91 Å². The van der Waals surface area contributed by atoms with Gasteiger partial charge in [0.15, 0.2) is 5.13 Å². The molecule has 3 rings (SSSR count). The minimum Gasteiger partial charge on any atom is -0.298 e. The Balaban J connectivity index is 1.73. The van der Waals surface area contributed by atoms with E-state index < -0.39 is 0 Å². The number of rotatable bonds is 4. The van der Waals surface area contributed by atoms with Crippen LogP contribution in [-0.4, -0.2) is 20.7 Å². The Kier molecular flexibility index (Phi) is 5.06. The molecule has 3 aromatic rings. The largest absolute Gasteiger partial charge is 0.298 e. The van der Waals surface area contributed by atoms with Crippen LogP contribution in [0.25, 0.3) is 0 Å². The summed E-state index contributed by atoms with van der Waals surface area (Å²) in [7, 11) is 1.83. The number of carbonyl (C=O) groups is 1. The van der Waals surface area contributed by atoms with Gasteiger partial charge in [-0.05, 0) is 38.0 Å². The molecule has 130 valence electrons. The number of hydrogen-bond acceptors (Lipinski definition) is 4. The Hall–Kier alpha value is -1.99. The standard InChI is InChI=1S/C18H19BrN4OS/c1-10-7-13(5-6-15(10)19)8-14-9-20-18(25-14)21-17(24)16-11(2)22-23(4)12(16)3/h5-7,9H,8H2,1-4H3,(H,20,21,24). The van der Waals surface area contributed by atoms with Gasteiger partial charge in [0, 0.05) is 34.7 Å². The van der Waals surface area contributed by atoms with Crippen molar-refractivity contribution in [1.82, 2.24) is 14.8 Å². The van der Waals surface area contributed by atoms with Crippen LogP contribution in [0.2, 0.25) is 0 Å². The van der Waals surface area contributed by atoms with Crippen LogP contribution >= 0.6 is 27.3 Å². The fourth-order valence-electron chi connectivity index (χ4n) is 2.73. The maximum absolute atomic E-state index is 12.5. The summed E-state index contributed by atoms with van der Waals surface area (Å²) in [6, 6.07) is 6.31. The second-order valence-electron chi connectivity index (χ2n) is 6.02. The molecular formula is C18H19BrN4OS. The van der Waals surface area contributed by atoms with Crippen LogP contribution in [0.1, 0.15) is 37.7 Å². The summed E-state index contributed by atoms with van der Waals surface area (Å²) < 4.78 is 2.82. The first kappa shape index (κ1) is 17.8. The number of halogens is 1. The first-order chi connectivity index (χ1) is 11.8. The van der Waals surface area contributed by atoms with Gasteiger partial charge in [-0.1, -0.05) is 28.1 Å². The summed E-state index contributed by atoms with van der Waals surface area (Å²) in [4.78, 5) is 18.0. The van der Waals surface area contributed by atoms with Gasteiger partial charge in [-0.3, -0.25) is 14.8 Å². The van der Waals surface area contributed by atoms with E-state index >= 15 is 0 Å². The van der Waals surface area contributed by atoms with Crippen molar-refractivity contribution < 1.29 is 4.79 Å². The number of anilines is 1. The van der Waals surface area contributed by atoms with Gasteiger partial charge in [-0.15, -0.1) is 11.3 Å². The van der Waals surface area contributed by atoms with E-state index in [0.29, 0.717) is 10.7 Å². The summed E-state index contributed by atoms with van der Waals surface area (Å²) >= 11 is 5.01. The van der Waals surface area contributed by atoms with Crippen LogP contribution in [0.15, 0.2) is 28.9 Å². The molecule has 2 heterocycles. The Labute approximate surface area is 159 Å². The fraction of sp³-hybridized carbons (Fsp3) is 0.278. The van der Waals surface area contributed by atoms with Crippen molar-refractivity contribution in [2.45, 2.75) is 27.2 Å². The number of aromatic nitrogens is 3. The van der Waals surface area contributed by atoms with Crippen molar-refractivity contribution in [3.8, 4) is 0 Å². The van der Waals surface area contributed by atoms with Crippen molar-refractivity contribution in [3.63, 3.8) is 0 Å². The van der Waals surface area contributed by atoms with Gasteiger partial charge < -0.3 is 0 Å². The van der Waals surface area contributed by atoms with E-state index in [1.165, 1.54) is 22.5 Å².